The summed E-state index contributed by atoms with van der Waals surface area (Å²) in [5.41, 5.74) is 1.38. The Bertz CT molecular complexity index is 1030. The van der Waals surface area contributed by atoms with Gasteiger partial charge in [0.2, 0.25) is 10.0 Å². The van der Waals surface area contributed by atoms with Crippen molar-refractivity contribution in [1.82, 2.24) is 9.62 Å². The van der Waals surface area contributed by atoms with Crippen molar-refractivity contribution in [2.24, 2.45) is 0 Å². The summed E-state index contributed by atoms with van der Waals surface area (Å²) >= 11 is 0. The molecule has 1 unspecified atom stereocenters. The van der Waals surface area contributed by atoms with Crippen LogP contribution in [-0.2, 0) is 16.4 Å². The fourth-order valence-corrected chi connectivity index (χ4v) is 5.35. The highest BCUT2D eigenvalue weighted by Crippen LogP contribution is 2.30. The molecule has 180 valence electrons. The summed E-state index contributed by atoms with van der Waals surface area (Å²) in [7, 11) is -3.63. The number of sulfonamides is 1. The molecule has 1 atom stereocenters. The first kappa shape index (κ1) is 24.9. The molecule has 2 aromatic rings. The number of urea groups is 1. The number of carbonyl (C=O) groups excluding carboxylic acids is 1. The maximum absolute atomic E-state index is 13.1. The topological polar surface area (TPSA) is 108 Å². The van der Waals surface area contributed by atoms with Crippen LogP contribution < -0.4 is 15.4 Å². The molecule has 33 heavy (non-hydrogen) atoms. The number of hydrogen-bond acceptors (Lipinski definition) is 5. The first-order valence-corrected chi connectivity index (χ1v) is 12.9. The highest BCUT2D eigenvalue weighted by Gasteiger charge is 2.27. The van der Waals surface area contributed by atoms with Gasteiger partial charge in [-0.1, -0.05) is 18.6 Å². The van der Waals surface area contributed by atoms with E-state index in [0.29, 0.717) is 37.6 Å². The van der Waals surface area contributed by atoms with Crippen molar-refractivity contribution in [2.75, 3.05) is 25.0 Å². The minimum atomic E-state index is -3.63. The molecule has 1 heterocycles. The number of phenolic OH excluding ortho intramolecular Hbond substituents is 1. The summed E-state index contributed by atoms with van der Waals surface area (Å²) < 4.78 is 33.2. The van der Waals surface area contributed by atoms with Crippen molar-refractivity contribution in [3.8, 4) is 11.5 Å². The Morgan fingerprint density at radius 2 is 1.82 bits per heavy atom. The summed E-state index contributed by atoms with van der Waals surface area (Å²) in [5.74, 6) is 0.640. The molecule has 0 radical (unpaired) electrons. The van der Waals surface area contributed by atoms with Crippen molar-refractivity contribution in [1.29, 1.82) is 0 Å². The number of aromatic hydroxyl groups is 1. The Balaban J connectivity index is 1.66. The van der Waals surface area contributed by atoms with E-state index < -0.39 is 16.1 Å². The molecule has 0 bridgehead atoms. The summed E-state index contributed by atoms with van der Waals surface area (Å²) in [5, 5.41) is 15.0. The molecular weight excluding hydrogens is 442 g/mol. The molecule has 0 spiro atoms. The van der Waals surface area contributed by atoms with Gasteiger partial charge in [0.15, 0.2) is 0 Å². The average molecular weight is 476 g/mol. The normalized spacial score (nSPS) is 15.6. The van der Waals surface area contributed by atoms with Crippen LogP contribution in [-0.4, -0.2) is 49.6 Å². The molecule has 2 aromatic carbocycles. The zero-order valence-corrected chi connectivity index (χ0v) is 20.0. The van der Waals surface area contributed by atoms with E-state index >= 15 is 0 Å². The number of rotatable bonds is 9. The third-order valence-corrected chi connectivity index (χ3v) is 7.53. The van der Waals surface area contributed by atoms with Crippen molar-refractivity contribution >= 4 is 21.7 Å². The molecular formula is C24H33N3O5S. The maximum atomic E-state index is 13.1. The van der Waals surface area contributed by atoms with Crippen LogP contribution in [0.15, 0.2) is 47.4 Å². The van der Waals surface area contributed by atoms with Gasteiger partial charge in [-0.3, -0.25) is 0 Å². The third kappa shape index (κ3) is 6.85. The standard InChI is InChI=1S/C24H33N3O5S/c1-3-32-23-14-13-21(33(30,31)27-15-5-4-6-16-27)17-22(23)26-24(29)25-18(2)7-8-19-9-11-20(28)12-10-19/h9-14,17-18,28H,3-8,15-16H2,1-2H3,(H2,25,26,29). The van der Waals surface area contributed by atoms with Crippen LogP contribution in [0.1, 0.15) is 45.1 Å². The van der Waals surface area contributed by atoms with Gasteiger partial charge in [0.05, 0.1) is 17.2 Å². The number of nitrogens with one attached hydrogen (secondary N) is 2. The number of ether oxygens (including phenoxy) is 1. The monoisotopic (exact) mass is 475 g/mol. The molecule has 8 nitrogen and oxygen atoms in total. The van der Waals surface area contributed by atoms with E-state index in [1.165, 1.54) is 16.4 Å². The molecule has 1 aliphatic rings. The first-order valence-electron chi connectivity index (χ1n) is 11.4. The van der Waals surface area contributed by atoms with Crippen LogP contribution in [0.3, 0.4) is 0 Å². The molecule has 3 rings (SSSR count). The van der Waals surface area contributed by atoms with E-state index in [1.54, 1.807) is 18.2 Å². The Morgan fingerprint density at radius 3 is 2.48 bits per heavy atom. The smallest absolute Gasteiger partial charge is 0.319 e. The SMILES string of the molecule is CCOc1ccc(S(=O)(=O)N2CCCCC2)cc1NC(=O)NC(C)CCc1ccc(O)cc1. The number of phenols is 1. The number of aryl methyl sites for hydroxylation is 1. The molecule has 1 aliphatic heterocycles. The number of nitrogens with zero attached hydrogens (tertiary/aromatic N) is 1. The zero-order chi connectivity index (χ0) is 23.8. The number of piperidine rings is 1. The number of amides is 2. The highest BCUT2D eigenvalue weighted by atomic mass is 32.2. The second-order valence-corrected chi connectivity index (χ2v) is 10.2. The first-order chi connectivity index (χ1) is 15.8. The molecule has 0 aromatic heterocycles. The van der Waals surface area contributed by atoms with Gasteiger partial charge < -0.3 is 20.5 Å². The van der Waals surface area contributed by atoms with Gasteiger partial charge in [-0.05, 0) is 75.4 Å². The fourth-order valence-electron chi connectivity index (χ4n) is 3.80. The van der Waals surface area contributed by atoms with E-state index in [-0.39, 0.29) is 16.7 Å². The average Bonchev–Trinajstić information content (AvgIpc) is 2.80. The Morgan fingerprint density at radius 1 is 1.12 bits per heavy atom. The van der Waals surface area contributed by atoms with Crippen molar-refractivity contribution < 1.29 is 23.1 Å². The van der Waals surface area contributed by atoms with Gasteiger partial charge in [0.25, 0.3) is 0 Å². The molecule has 2 amide bonds. The zero-order valence-electron chi connectivity index (χ0n) is 19.2. The molecule has 9 heteroatoms. The Labute approximate surface area is 196 Å². The lowest BCUT2D eigenvalue weighted by molar-refractivity contribution is 0.248. The van der Waals surface area contributed by atoms with Gasteiger partial charge in [-0.25, -0.2) is 13.2 Å². The molecule has 0 saturated carbocycles. The van der Waals surface area contributed by atoms with Crippen molar-refractivity contribution in [3.05, 3.63) is 48.0 Å². The van der Waals surface area contributed by atoms with E-state index in [2.05, 4.69) is 10.6 Å². The van der Waals surface area contributed by atoms with E-state index in [4.69, 9.17) is 4.74 Å². The Hall–Kier alpha value is -2.78. The molecule has 1 saturated heterocycles. The van der Waals surface area contributed by atoms with Gasteiger partial charge in [0.1, 0.15) is 11.5 Å². The van der Waals surface area contributed by atoms with E-state index in [0.717, 1.165) is 31.2 Å². The van der Waals surface area contributed by atoms with Crippen LogP contribution in [0.2, 0.25) is 0 Å². The predicted molar refractivity (Wildman–Crippen MR) is 128 cm³/mol. The van der Waals surface area contributed by atoms with E-state index in [1.807, 2.05) is 26.0 Å². The molecule has 3 N–H and O–H groups in total. The van der Waals surface area contributed by atoms with Gasteiger partial charge in [-0.2, -0.15) is 4.31 Å². The Kier molecular flexibility index (Phi) is 8.57. The lowest BCUT2D eigenvalue weighted by Gasteiger charge is -2.26. The highest BCUT2D eigenvalue weighted by molar-refractivity contribution is 7.89. The third-order valence-electron chi connectivity index (χ3n) is 5.63. The fraction of sp³-hybridized carbons (Fsp3) is 0.458. The van der Waals surface area contributed by atoms with Gasteiger partial charge >= 0.3 is 6.03 Å². The summed E-state index contributed by atoms with van der Waals surface area (Å²) in [6.45, 7) is 5.14. The molecule has 0 aliphatic carbocycles. The van der Waals surface area contributed by atoms with Crippen molar-refractivity contribution in [3.63, 3.8) is 0 Å². The second kappa shape index (κ2) is 11.4. The summed E-state index contributed by atoms with van der Waals surface area (Å²) in [6.07, 6.45) is 4.19. The number of hydrogen-bond donors (Lipinski definition) is 3. The lowest BCUT2D eigenvalue weighted by atomic mass is 10.1. The second-order valence-electron chi connectivity index (χ2n) is 8.26. The van der Waals surface area contributed by atoms with Gasteiger partial charge in [0, 0.05) is 19.1 Å². The van der Waals surface area contributed by atoms with Crippen molar-refractivity contribution in [2.45, 2.75) is 56.9 Å². The predicted octanol–water partition coefficient (Wildman–Crippen LogP) is 4.11. The van der Waals surface area contributed by atoms with Crippen LogP contribution in [0.25, 0.3) is 0 Å². The maximum Gasteiger partial charge on any atom is 0.319 e. The number of anilines is 1. The van der Waals surface area contributed by atoms with Crippen LogP contribution in [0.5, 0.6) is 11.5 Å². The summed E-state index contributed by atoms with van der Waals surface area (Å²) in [6, 6.07) is 11.0. The van der Waals surface area contributed by atoms with Crippen LogP contribution >= 0.6 is 0 Å². The lowest BCUT2D eigenvalue weighted by Crippen LogP contribution is -2.37. The number of benzene rings is 2. The quantitative estimate of drug-likeness (QED) is 0.506. The van der Waals surface area contributed by atoms with Crippen LogP contribution in [0.4, 0.5) is 10.5 Å². The minimum absolute atomic E-state index is 0.116. The minimum Gasteiger partial charge on any atom is -0.508 e. The molecule has 1 fully saturated rings. The summed E-state index contributed by atoms with van der Waals surface area (Å²) in [4.78, 5) is 12.8. The largest absolute Gasteiger partial charge is 0.508 e. The van der Waals surface area contributed by atoms with Crippen LogP contribution in [0, 0.1) is 0 Å². The number of carbonyl (C=O) groups is 1. The van der Waals surface area contributed by atoms with E-state index in [9.17, 15) is 18.3 Å². The van der Waals surface area contributed by atoms with Gasteiger partial charge in [-0.15, -0.1) is 0 Å².